The number of rotatable bonds is 12. The van der Waals surface area contributed by atoms with Crippen LogP contribution in [0.5, 0.6) is 28.7 Å². The van der Waals surface area contributed by atoms with E-state index in [0.29, 0.717) is 44.6 Å². The van der Waals surface area contributed by atoms with Gasteiger partial charge in [0.05, 0.1) is 25.4 Å². The summed E-state index contributed by atoms with van der Waals surface area (Å²) in [6, 6.07) is 8.45. The summed E-state index contributed by atoms with van der Waals surface area (Å²) in [5.41, 5.74) is 1.68. The fraction of sp³-hybridized carbons (Fsp3) is 0.520. The highest BCUT2D eigenvalue weighted by atomic mass is 16.6. The van der Waals surface area contributed by atoms with E-state index in [2.05, 4.69) is 5.32 Å². The van der Waals surface area contributed by atoms with Gasteiger partial charge in [0.1, 0.15) is 6.61 Å². The molecule has 0 unspecified atom stereocenters. The number of hydrogen-bond acceptors (Lipinski definition) is 9. The van der Waals surface area contributed by atoms with E-state index in [9.17, 15) is 15.3 Å². The second-order valence-corrected chi connectivity index (χ2v) is 8.26. The third-order valence-electron chi connectivity index (χ3n) is 5.82. The second-order valence-electron chi connectivity index (χ2n) is 8.26. The lowest BCUT2D eigenvalue weighted by molar-refractivity contribution is -0.0999. The van der Waals surface area contributed by atoms with Gasteiger partial charge in [-0.2, -0.15) is 0 Å². The molecule has 5 N–H and O–H groups in total. The molecule has 0 bridgehead atoms. The first-order valence-corrected chi connectivity index (χ1v) is 11.6. The van der Waals surface area contributed by atoms with Crippen molar-refractivity contribution in [1.29, 1.82) is 0 Å². The number of aliphatic hydroxyl groups is 2. The van der Waals surface area contributed by atoms with Gasteiger partial charge in [-0.25, -0.2) is 0 Å². The van der Waals surface area contributed by atoms with E-state index in [1.807, 2.05) is 6.92 Å². The van der Waals surface area contributed by atoms with Crippen molar-refractivity contribution < 1.29 is 39.4 Å². The Labute approximate surface area is 199 Å². The van der Waals surface area contributed by atoms with Gasteiger partial charge in [0.2, 0.25) is 5.75 Å². The summed E-state index contributed by atoms with van der Waals surface area (Å²) in [4.78, 5) is 0. The quantitative estimate of drug-likeness (QED) is 0.231. The lowest BCUT2D eigenvalue weighted by Crippen LogP contribution is -2.31. The fourth-order valence-electron chi connectivity index (χ4n) is 4.08. The number of hydrogen-bond donors (Lipinski definition) is 5. The van der Waals surface area contributed by atoms with Crippen molar-refractivity contribution >= 4 is 0 Å². The minimum atomic E-state index is -0.533. The summed E-state index contributed by atoms with van der Waals surface area (Å²) < 4.78 is 22.4. The van der Waals surface area contributed by atoms with E-state index >= 15 is 0 Å². The molecule has 34 heavy (non-hydrogen) atoms. The molecular weight excluding hydrogens is 442 g/mol. The van der Waals surface area contributed by atoms with E-state index in [-0.39, 0.29) is 35.2 Å². The molecule has 2 aromatic rings. The molecule has 3 atom stereocenters. The summed E-state index contributed by atoms with van der Waals surface area (Å²) in [6.45, 7) is 3.35. The van der Waals surface area contributed by atoms with Crippen molar-refractivity contribution in [2.75, 3.05) is 33.6 Å². The normalized spacial score (nSPS) is 20.2. The van der Waals surface area contributed by atoms with Crippen LogP contribution in [0.4, 0.5) is 0 Å². The van der Waals surface area contributed by atoms with Crippen LogP contribution in [0.2, 0.25) is 0 Å². The van der Waals surface area contributed by atoms with E-state index in [1.165, 1.54) is 13.2 Å². The van der Waals surface area contributed by atoms with Crippen LogP contribution in [-0.4, -0.2) is 66.2 Å². The molecule has 1 saturated heterocycles. The maximum absolute atomic E-state index is 10.5. The van der Waals surface area contributed by atoms with Crippen LogP contribution in [0.1, 0.15) is 43.4 Å². The molecule has 2 aromatic carbocycles. The zero-order valence-electron chi connectivity index (χ0n) is 19.7. The van der Waals surface area contributed by atoms with Crippen molar-refractivity contribution in [3.63, 3.8) is 0 Å². The summed E-state index contributed by atoms with van der Waals surface area (Å²) in [7, 11) is 1.48. The van der Waals surface area contributed by atoms with Gasteiger partial charge < -0.3 is 44.7 Å². The Balaban J connectivity index is 1.69. The first kappa shape index (κ1) is 25.9. The summed E-state index contributed by atoms with van der Waals surface area (Å²) in [6.07, 6.45) is 1.12. The van der Waals surface area contributed by atoms with Crippen molar-refractivity contribution in [3.05, 3.63) is 41.5 Å². The van der Waals surface area contributed by atoms with Gasteiger partial charge in [-0.3, -0.25) is 0 Å². The number of methoxy groups -OCH3 is 1. The standard InChI is InChI=1S/C25H35NO8/c1-3-26-8-9-32-24-12-17(11-23(31-2)25(24)30)21-14-18(28)13-19(34-21)6-4-16-5-7-20(29)22(10-16)33-15-27/h5,7,10-12,18-19,21,26-30H,3-4,6,8-9,13-15H2,1-2H3/t18-,19-,21-/m0/s1. The molecule has 1 aliphatic rings. The average Bonchev–Trinajstić information content (AvgIpc) is 2.83. The largest absolute Gasteiger partial charge is 0.504 e. The third kappa shape index (κ3) is 6.89. The predicted molar refractivity (Wildman–Crippen MR) is 126 cm³/mol. The van der Waals surface area contributed by atoms with Crippen LogP contribution < -0.4 is 19.5 Å². The molecule has 0 radical (unpaired) electrons. The molecule has 9 heteroatoms. The first-order valence-electron chi connectivity index (χ1n) is 11.6. The molecule has 0 amide bonds. The number of likely N-dealkylation sites (N-methyl/N-ethyl adjacent to an activating group) is 1. The smallest absolute Gasteiger partial charge is 0.200 e. The van der Waals surface area contributed by atoms with Crippen LogP contribution in [0.25, 0.3) is 0 Å². The number of benzene rings is 2. The van der Waals surface area contributed by atoms with Gasteiger partial charge in [0, 0.05) is 13.0 Å². The fourth-order valence-corrected chi connectivity index (χ4v) is 4.08. The minimum Gasteiger partial charge on any atom is -0.504 e. The van der Waals surface area contributed by atoms with Gasteiger partial charge in [0.15, 0.2) is 29.8 Å². The van der Waals surface area contributed by atoms with Gasteiger partial charge in [0.25, 0.3) is 0 Å². The first-order chi connectivity index (χ1) is 16.4. The number of aromatic hydroxyl groups is 2. The van der Waals surface area contributed by atoms with Crippen LogP contribution >= 0.6 is 0 Å². The van der Waals surface area contributed by atoms with Crippen molar-refractivity contribution in [3.8, 4) is 28.7 Å². The van der Waals surface area contributed by atoms with E-state index in [1.54, 1.807) is 24.3 Å². The van der Waals surface area contributed by atoms with Gasteiger partial charge in [-0.1, -0.05) is 13.0 Å². The number of nitrogens with one attached hydrogen (secondary N) is 1. The number of phenolic OH excluding ortho intramolecular Hbond substituents is 2. The van der Waals surface area contributed by atoms with Crippen molar-refractivity contribution in [2.45, 2.75) is 50.9 Å². The highest BCUT2D eigenvalue weighted by Crippen LogP contribution is 2.42. The van der Waals surface area contributed by atoms with Crippen LogP contribution in [-0.2, 0) is 11.2 Å². The highest BCUT2D eigenvalue weighted by Gasteiger charge is 2.30. The molecule has 1 aliphatic heterocycles. The second kappa shape index (κ2) is 12.7. The number of aliphatic hydroxyl groups excluding tert-OH is 2. The zero-order valence-corrected chi connectivity index (χ0v) is 19.7. The number of phenols is 2. The Bertz CT molecular complexity index is 922. The van der Waals surface area contributed by atoms with Crippen molar-refractivity contribution in [2.24, 2.45) is 0 Å². The molecule has 9 nitrogen and oxygen atoms in total. The maximum atomic E-state index is 10.5. The third-order valence-corrected chi connectivity index (χ3v) is 5.82. The average molecular weight is 478 g/mol. The molecule has 0 spiro atoms. The summed E-state index contributed by atoms with van der Waals surface area (Å²) in [5, 5.41) is 42.9. The number of aryl methyl sites for hydroxylation is 1. The summed E-state index contributed by atoms with van der Waals surface area (Å²) >= 11 is 0. The van der Waals surface area contributed by atoms with E-state index in [4.69, 9.17) is 24.1 Å². The molecule has 0 saturated carbocycles. The molecule has 3 rings (SSSR count). The molecule has 1 fully saturated rings. The molecule has 1 heterocycles. The molecule has 0 aliphatic carbocycles. The van der Waals surface area contributed by atoms with E-state index < -0.39 is 12.9 Å². The molecule has 0 aromatic heterocycles. The van der Waals surface area contributed by atoms with Gasteiger partial charge in [-0.15, -0.1) is 0 Å². The topological polar surface area (TPSA) is 130 Å². The van der Waals surface area contributed by atoms with Gasteiger partial charge in [-0.05, 0) is 61.2 Å². The Morgan fingerprint density at radius 2 is 1.85 bits per heavy atom. The Morgan fingerprint density at radius 3 is 2.59 bits per heavy atom. The van der Waals surface area contributed by atoms with E-state index in [0.717, 1.165) is 17.7 Å². The summed E-state index contributed by atoms with van der Waals surface area (Å²) in [5.74, 6) is 0.723. The lowest BCUT2D eigenvalue weighted by Gasteiger charge is -2.34. The lowest BCUT2D eigenvalue weighted by atomic mass is 9.93. The zero-order chi connectivity index (χ0) is 24.5. The van der Waals surface area contributed by atoms with Gasteiger partial charge >= 0.3 is 0 Å². The Hall–Kier alpha value is -2.72. The van der Waals surface area contributed by atoms with Crippen LogP contribution in [0, 0.1) is 0 Å². The highest BCUT2D eigenvalue weighted by molar-refractivity contribution is 5.53. The molecular formula is C25H35NO8. The maximum Gasteiger partial charge on any atom is 0.200 e. The monoisotopic (exact) mass is 477 g/mol. The minimum absolute atomic E-state index is 0.0352. The molecule has 188 valence electrons. The van der Waals surface area contributed by atoms with Crippen LogP contribution in [0.15, 0.2) is 30.3 Å². The number of ether oxygens (including phenoxy) is 4. The SMILES string of the molecule is CCNCCOc1cc([C@@H]2C[C@@H](O)C[C@H](CCc3ccc(O)c(OCO)c3)O2)cc(OC)c1O. The van der Waals surface area contributed by atoms with Crippen molar-refractivity contribution in [1.82, 2.24) is 5.32 Å². The van der Waals surface area contributed by atoms with Crippen LogP contribution in [0.3, 0.4) is 0 Å². The predicted octanol–water partition coefficient (Wildman–Crippen LogP) is 2.64. The Kier molecular flexibility index (Phi) is 9.64. The Morgan fingerprint density at radius 1 is 1.06 bits per heavy atom.